The van der Waals surface area contributed by atoms with E-state index in [4.69, 9.17) is 0 Å². The SMILES string of the molecule is CC1(c2ccc(Br)cc2)c2[nH]c3ccccc3c2CCN1c1ccccc1C(=O)O. The lowest BCUT2D eigenvalue weighted by molar-refractivity contribution is 0.0697. The number of hydrogen-bond acceptors (Lipinski definition) is 2. The molecule has 0 fully saturated rings. The monoisotopic (exact) mass is 460 g/mol. The van der Waals surface area contributed by atoms with E-state index >= 15 is 0 Å². The molecule has 1 aliphatic heterocycles. The highest BCUT2D eigenvalue weighted by Gasteiger charge is 2.43. The zero-order valence-corrected chi connectivity index (χ0v) is 18.1. The first-order chi connectivity index (χ1) is 14.5. The van der Waals surface area contributed by atoms with E-state index in [9.17, 15) is 9.90 Å². The number of nitrogens with one attached hydrogen (secondary N) is 1. The van der Waals surface area contributed by atoms with E-state index in [0.29, 0.717) is 5.56 Å². The van der Waals surface area contributed by atoms with E-state index in [0.717, 1.165) is 39.9 Å². The Balaban J connectivity index is 1.80. The number of aromatic carboxylic acids is 1. The number of hydrogen-bond donors (Lipinski definition) is 2. The predicted molar refractivity (Wildman–Crippen MR) is 123 cm³/mol. The molecular formula is C25H21BrN2O2. The van der Waals surface area contributed by atoms with E-state index in [1.54, 1.807) is 12.1 Å². The number of benzene rings is 3. The third kappa shape index (κ3) is 2.76. The highest BCUT2D eigenvalue weighted by atomic mass is 79.9. The first-order valence-corrected chi connectivity index (χ1v) is 10.8. The van der Waals surface area contributed by atoms with Crippen molar-refractivity contribution in [3.05, 3.63) is 99.7 Å². The zero-order valence-electron chi connectivity index (χ0n) is 16.5. The molecule has 150 valence electrons. The number of aromatic amines is 1. The van der Waals surface area contributed by atoms with E-state index in [-0.39, 0.29) is 0 Å². The number of nitrogens with zero attached hydrogens (tertiary/aromatic N) is 1. The van der Waals surface area contributed by atoms with Gasteiger partial charge in [0.2, 0.25) is 0 Å². The molecule has 30 heavy (non-hydrogen) atoms. The molecule has 1 aromatic heterocycles. The van der Waals surface area contributed by atoms with Gasteiger partial charge in [-0.15, -0.1) is 0 Å². The molecule has 3 aromatic carbocycles. The number of para-hydroxylation sites is 2. The molecular weight excluding hydrogens is 440 g/mol. The zero-order chi connectivity index (χ0) is 20.9. The quantitative estimate of drug-likeness (QED) is 0.396. The maximum absolute atomic E-state index is 12.0. The Morgan fingerprint density at radius 2 is 1.73 bits per heavy atom. The van der Waals surface area contributed by atoms with E-state index in [2.05, 4.69) is 63.1 Å². The smallest absolute Gasteiger partial charge is 0.337 e. The van der Waals surface area contributed by atoms with Crippen LogP contribution in [0.1, 0.15) is 34.1 Å². The van der Waals surface area contributed by atoms with E-state index < -0.39 is 11.5 Å². The summed E-state index contributed by atoms with van der Waals surface area (Å²) in [5.41, 5.74) is 5.16. The molecule has 1 unspecified atom stereocenters. The summed E-state index contributed by atoms with van der Waals surface area (Å²) < 4.78 is 1.01. The van der Waals surface area contributed by atoms with Crippen molar-refractivity contribution >= 4 is 38.5 Å². The van der Waals surface area contributed by atoms with Gasteiger partial charge in [-0.2, -0.15) is 0 Å². The number of rotatable bonds is 3. The maximum atomic E-state index is 12.0. The van der Waals surface area contributed by atoms with Crippen LogP contribution in [0.2, 0.25) is 0 Å². The van der Waals surface area contributed by atoms with Gasteiger partial charge in [0.15, 0.2) is 0 Å². The van der Waals surface area contributed by atoms with Crippen molar-refractivity contribution in [2.45, 2.75) is 18.9 Å². The largest absolute Gasteiger partial charge is 0.478 e. The fourth-order valence-electron chi connectivity index (χ4n) is 4.78. The maximum Gasteiger partial charge on any atom is 0.337 e. The molecule has 0 spiro atoms. The molecule has 2 heterocycles. The lowest BCUT2D eigenvalue weighted by Gasteiger charge is -2.47. The van der Waals surface area contributed by atoms with Gasteiger partial charge in [-0.1, -0.05) is 58.4 Å². The number of carboxylic acid groups (broad SMARTS) is 1. The van der Waals surface area contributed by atoms with Crippen molar-refractivity contribution in [3.8, 4) is 0 Å². The van der Waals surface area contributed by atoms with Crippen molar-refractivity contribution in [2.75, 3.05) is 11.4 Å². The molecule has 1 aliphatic rings. The molecule has 4 aromatic rings. The Morgan fingerprint density at radius 1 is 1.03 bits per heavy atom. The van der Waals surface area contributed by atoms with Crippen LogP contribution in [-0.4, -0.2) is 22.6 Å². The van der Waals surface area contributed by atoms with Crippen molar-refractivity contribution in [2.24, 2.45) is 0 Å². The summed E-state index contributed by atoms with van der Waals surface area (Å²) in [5.74, 6) is -0.911. The summed E-state index contributed by atoms with van der Waals surface area (Å²) in [6.45, 7) is 2.91. The number of H-pyrrole nitrogens is 1. The number of aromatic nitrogens is 1. The molecule has 2 N–H and O–H groups in total. The lowest BCUT2D eigenvalue weighted by Crippen LogP contribution is -2.50. The van der Waals surface area contributed by atoms with Crippen molar-refractivity contribution in [1.29, 1.82) is 0 Å². The Kier molecular flexibility index (Phi) is 4.44. The summed E-state index contributed by atoms with van der Waals surface area (Å²) in [5, 5.41) is 11.1. The minimum absolute atomic E-state index is 0.320. The first kappa shape index (κ1) is 18.9. The van der Waals surface area contributed by atoms with Crippen molar-refractivity contribution in [1.82, 2.24) is 4.98 Å². The van der Waals surface area contributed by atoms with Crippen LogP contribution in [-0.2, 0) is 12.0 Å². The van der Waals surface area contributed by atoms with Crippen molar-refractivity contribution in [3.63, 3.8) is 0 Å². The summed E-state index contributed by atoms with van der Waals surface area (Å²) in [6, 6.07) is 24.0. The van der Waals surface area contributed by atoms with Crippen LogP contribution in [0.5, 0.6) is 0 Å². The fraction of sp³-hybridized carbons (Fsp3) is 0.160. The molecule has 0 aliphatic carbocycles. The second-order valence-electron chi connectivity index (χ2n) is 7.83. The normalized spacial score (nSPS) is 18.4. The Hall–Kier alpha value is -3.05. The Labute approximate surface area is 183 Å². The van der Waals surface area contributed by atoms with Gasteiger partial charge in [0.25, 0.3) is 0 Å². The molecule has 5 rings (SSSR count). The van der Waals surface area contributed by atoms with Gasteiger partial charge in [-0.3, -0.25) is 0 Å². The van der Waals surface area contributed by atoms with Gasteiger partial charge in [0.05, 0.1) is 11.3 Å². The number of anilines is 1. The molecule has 0 amide bonds. The van der Waals surface area contributed by atoms with Gasteiger partial charge in [-0.25, -0.2) is 4.79 Å². The molecule has 0 saturated heterocycles. The topological polar surface area (TPSA) is 56.3 Å². The molecule has 5 heteroatoms. The summed E-state index contributed by atoms with van der Waals surface area (Å²) >= 11 is 3.54. The average molecular weight is 461 g/mol. The van der Waals surface area contributed by atoms with Crippen LogP contribution in [0, 0.1) is 0 Å². The van der Waals surface area contributed by atoms with Crippen molar-refractivity contribution < 1.29 is 9.90 Å². The van der Waals surface area contributed by atoms with Gasteiger partial charge >= 0.3 is 5.97 Å². The molecule has 1 atom stereocenters. The molecule has 0 radical (unpaired) electrons. The Morgan fingerprint density at radius 3 is 2.50 bits per heavy atom. The second-order valence-corrected chi connectivity index (χ2v) is 8.74. The van der Waals surface area contributed by atoms with E-state index in [1.165, 1.54) is 10.9 Å². The Bertz CT molecular complexity index is 1260. The van der Waals surface area contributed by atoms with Gasteiger partial charge in [0, 0.05) is 27.6 Å². The third-order valence-electron chi connectivity index (χ3n) is 6.26. The average Bonchev–Trinajstić information content (AvgIpc) is 3.14. The number of carbonyl (C=O) groups is 1. The number of carboxylic acids is 1. The highest BCUT2D eigenvalue weighted by molar-refractivity contribution is 9.10. The number of halogens is 1. The van der Waals surface area contributed by atoms with Crippen LogP contribution in [0.25, 0.3) is 10.9 Å². The second kappa shape index (κ2) is 7.03. The standard InChI is InChI=1S/C25H21BrN2O2/c1-25(16-10-12-17(26)13-11-16)23-19(18-6-2-4-8-21(18)27-23)14-15-28(25)22-9-5-3-7-20(22)24(29)30/h2-13,27H,14-15H2,1H3,(H,29,30). The first-order valence-electron chi connectivity index (χ1n) is 9.96. The minimum atomic E-state index is -0.911. The van der Waals surface area contributed by atoms with Crippen LogP contribution in [0.3, 0.4) is 0 Å². The summed E-state index contributed by atoms with van der Waals surface area (Å²) in [6.07, 6.45) is 0.847. The van der Waals surface area contributed by atoms with E-state index in [1.807, 2.05) is 30.3 Å². The fourth-order valence-corrected chi connectivity index (χ4v) is 5.05. The van der Waals surface area contributed by atoms with Gasteiger partial charge in [-0.05, 0) is 54.8 Å². The van der Waals surface area contributed by atoms with Crippen LogP contribution in [0.15, 0.2) is 77.3 Å². The predicted octanol–water partition coefficient (Wildman–Crippen LogP) is 5.95. The minimum Gasteiger partial charge on any atom is -0.478 e. The number of fused-ring (bicyclic) bond motifs is 3. The molecule has 0 bridgehead atoms. The molecule has 4 nitrogen and oxygen atoms in total. The van der Waals surface area contributed by atoms with Gasteiger partial charge < -0.3 is 15.0 Å². The lowest BCUT2D eigenvalue weighted by atomic mass is 9.80. The van der Waals surface area contributed by atoms with Crippen LogP contribution in [0.4, 0.5) is 5.69 Å². The summed E-state index contributed by atoms with van der Waals surface area (Å²) in [7, 11) is 0. The summed E-state index contributed by atoms with van der Waals surface area (Å²) in [4.78, 5) is 17.9. The van der Waals surface area contributed by atoms with Crippen LogP contribution < -0.4 is 4.90 Å². The van der Waals surface area contributed by atoms with Gasteiger partial charge in [0.1, 0.15) is 5.54 Å². The highest BCUT2D eigenvalue weighted by Crippen LogP contribution is 2.46. The molecule has 0 saturated carbocycles. The third-order valence-corrected chi connectivity index (χ3v) is 6.79. The van der Waals surface area contributed by atoms with Crippen LogP contribution >= 0.6 is 15.9 Å².